The number of nitrogens with one attached hydrogen (secondary N) is 1. The highest BCUT2D eigenvalue weighted by Crippen LogP contribution is 2.54. The minimum absolute atomic E-state index is 0.115. The van der Waals surface area contributed by atoms with E-state index in [0.717, 1.165) is 86.5 Å². The van der Waals surface area contributed by atoms with Crippen LogP contribution in [-0.2, 0) is 0 Å². The van der Waals surface area contributed by atoms with Gasteiger partial charge in [0.25, 0.3) is 11.8 Å². The Morgan fingerprint density at radius 2 is 1.31 bits per heavy atom. The van der Waals surface area contributed by atoms with Crippen LogP contribution >= 0.6 is 23.2 Å². The highest BCUT2D eigenvalue weighted by Gasteiger charge is 2.57. The topological polar surface area (TPSA) is 126 Å². The molecule has 3 aliphatic heterocycles. The number of methoxy groups -OCH3 is 2. The van der Waals surface area contributed by atoms with Gasteiger partial charge in [-0.3, -0.25) is 14.6 Å². The van der Waals surface area contributed by atoms with Crippen LogP contribution in [0.2, 0.25) is 10.3 Å². The number of carbonyl (C=O) groups is 2. The highest BCUT2D eigenvalue weighted by molar-refractivity contribution is 6.31. The number of aliphatic imine (C=N–C) groups is 1. The standard InChI is InChI=1S/C51H39Cl2N7O4/c1-63-43-7-3-5-33-35(43)22-45(52)57-47(33)50(61)59-39-18-31(39)20-41(59)37-16-27(24-54-37)10-9-26-11-12-29-17-30(14-13-28(29)15-26)38-25-55-49(56-38)42-21-32-19-40(32)60(42)51(62)48-34-6-4-8-44(64-2)36(34)23-46(53)58-48/h3-8,11-15,17,22-25,31-32,39-42H,16,18-21H2,1-2H3,(H,55,56)/t31-,32-,39-,40-,41+,42+/m1/s1. The molecule has 0 radical (unpaired) electrons. The maximum absolute atomic E-state index is 14.3. The summed E-state index contributed by atoms with van der Waals surface area (Å²) in [6, 6.07) is 27.3. The monoisotopic (exact) mass is 883 g/mol. The number of allylic oxidation sites excluding steroid dienone is 1. The lowest BCUT2D eigenvalue weighted by Crippen LogP contribution is -2.43. The van der Waals surface area contributed by atoms with Crippen molar-refractivity contribution in [2.24, 2.45) is 16.8 Å². The van der Waals surface area contributed by atoms with Gasteiger partial charge in [-0.2, -0.15) is 0 Å². The zero-order chi connectivity index (χ0) is 43.4. The van der Waals surface area contributed by atoms with Gasteiger partial charge in [0.15, 0.2) is 0 Å². The molecule has 6 atom stereocenters. The van der Waals surface area contributed by atoms with Crippen LogP contribution in [0.4, 0.5) is 0 Å². The summed E-state index contributed by atoms with van der Waals surface area (Å²) in [7, 11) is 3.21. The number of aromatic amines is 1. The second-order valence-corrected chi connectivity index (χ2v) is 18.2. The number of hydrogen-bond donors (Lipinski definition) is 1. The van der Waals surface area contributed by atoms with Gasteiger partial charge < -0.3 is 24.3 Å². The van der Waals surface area contributed by atoms with Crippen LogP contribution in [0.3, 0.4) is 0 Å². The number of hydrogen-bond acceptors (Lipinski definition) is 8. The zero-order valence-electron chi connectivity index (χ0n) is 34.8. The number of halogens is 2. The van der Waals surface area contributed by atoms with Gasteiger partial charge in [-0.1, -0.05) is 77.5 Å². The summed E-state index contributed by atoms with van der Waals surface area (Å²) in [5.41, 5.74) is 5.32. The fourth-order valence-electron chi connectivity index (χ4n) is 10.4. The van der Waals surface area contributed by atoms with Crippen LogP contribution in [0.1, 0.15) is 70.5 Å². The average molecular weight is 885 g/mol. The fraction of sp³-hybridized carbons (Fsp3) is 0.255. The van der Waals surface area contributed by atoms with Crippen molar-refractivity contribution in [1.29, 1.82) is 0 Å². The molecule has 4 aromatic carbocycles. The van der Waals surface area contributed by atoms with E-state index >= 15 is 0 Å². The molecule has 0 spiro atoms. The summed E-state index contributed by atoms with van der Waals surface area (Å²) in [4.78, 5) is 54.8. The first-order valence-corrected chi connectivity index (χ1v) is 22.3. The van der Waals surface area contributed by atoms with Crippen molar-refractivity contribution in [3.63, 3.8) is 0 Å². The number of pyridine rings is 2. The molecule has 1 N–H and O–H groups in total. The third-order valence-electron chi connectivity index (χ3n) is 13.7. The Hall–Kier alpha value is -6.74. The maximum atomic E-state index is 14.3. The number of aromatic nitrogens is 4. The molecule has 2 aliphatic carbocycles. The number of piperidine rings is 2. The summed E-state index contributed by atoms with van der Waals surface area (Å²) in [6.45, 7) is 0. The molecule has 0 unspecified atom stereocenters. The van der Waals surface area contributed by atoms with Crippen LogP contribution in [0.25, 0.3) is 43.6 Å². The van der Waals surface area contributed by atoms with Crippen molar-refractivity contribution >= 4 is 73.0 Å². The number of benzene rings is 4. The zero-order valence-corrected chi connectivity index (χ0v) is 36.3. The van der Waals surface area contributed by atoms with E-state index < -0.39 is 0 Å². The van der Waals surface area contributed by atoms with E-state index in [4.69, 9.17) is 42.7 Å². The van der Waals surface area contributed by atoms with Crippen LogP contribution in [0, 0.1) is 23.7 Å². The maximum Gasteiger partial charge on any atom is 0.274 e. The van der Waals surface area contributed by atoms with Gasteiger partial charge in [0, 0.05) is 68.7 Å². The number of ether oxygens (including phenoxy) is 2. The number of imidazole rings is 1. The Balaban J connectivity index is 0.738. The number of nitrogens with zero attached hydrogens (tertiary/aromatic N) is 6. The van der Waals surface area contributed by atoms with E-state index in [2.05, 4.69) is 57.1 Å². The molecule has 12 rings (SSSR count). The number of likely N-dealkylation sites (tertiary alicyclic amines) is 2. The largest absolute Gasteiger partial charge is 0.496 e. The molecule has 4 fully saturated rings. The molecule has 11 nitrogen and oxygen atoms in total. The number of amides is 2. The van der Waals surface area contributed by atoms with Crippen LogP contribution in [0.15, 0.2) is 108 Å². The molecular formula is C51H39Cl2N7O4. The van der Waals surface area contributed by atoms with E-state index in [9.17, 15) is 9.59 Å². The number of H-pyrrole nitrogens is 1. The average Bonchev–Trinajstić information content (AvgIpc) is 3.91. The molecule has 3 aromatic heterocycles. The van der Waals surface area contributed by atoms with E-state index in [1.165, 1.54) is 0 Å². The van der Waals surface area contributed by atoms with Gasteiger partial charge in [0.05, 0.1) is 38.2 Å². The van der Waals surface area contributed by atoms with E-state index in [0.29, 0.717) is 46.5 Å². The SMILES string of the molecule is COc1cccc2c(C(=O)N3[C@@H]4C[C@@H]4C[C@H]3C3=NC=C(C#Cc4ccc5cc(-c6cnc([C@@H]7C[C@H]8C[C@H]8N7C(=O)c7nc(Cl)cc8c(OC)cccc78)[nH]6)ccc5c4)C3)nc(Cl)cc12. The van der Waals surface area contributed by atoms with Crippen LogP contribution in [-0.4, -0.2) is 79.6 Å². The molecule has 6 heterocycles. The van der Waals surface area contributed by atoms with Gasteiger partial charge >= 0.3 is 0 Å². The summed E-state index contributed by atoms with van der Waals surface area (Å²) in [5, 5.41) is 5.59. The molecule has 0 bridgehead atoms. The molecule has 13 heteroatoms. The Kier molecular flexibility index (Phi) is 9.08. The lowest BCUT2D eigenvalue weighted by molar-refractivity contribution is 0.0687. The van der Waals surface area contributed by atoms with Crippen LogP contribution in [0.5, 0.6) is 11.5 Å². The van der Waals surface area contributed by atoms with Crippen molar-refractivity contribution in [2.75, 3.05) is 14.2 Å². The van der Waals surface area contributed by atoms with Crippen molar-refractivity contribution in [2.45, 2.75) is 56.3 Å². The molecule has 2 amide bonds. The van der Waals surface area contributed by atoms with Gasteiger partial charge in [-0.25, -0.2) is 15.0 Å². The second kappa shape index (κ2) is 14.9. The van der Waals surface area contributed by atoms with Crippen molar-refractivity contribution in [1.82, 2.24) is 29.7 Å². The van der Waals surface area contributed by atoms with E-state index in [-0.39, 0.29) is 46.3 Å². The third kappa shape index (κ3) is 6.50. The quantitative estimate of drug-likeness (QED) is 0.125. The highest BCUT2D eigenvalue weighted by atomic mass is 35.5. The Morgan fingerprint density at radius 3 is 1.97 bits per heavy atom. The Labute approximate surface area is 378 Å². The second-order valence-electron chi connectivity index (χ2n) is 17.4. The normalized spacial score (nSPS) is 22.8. The van der Waals surface area contributed by atoms with E-state index in [1.54, 1.807) is 26.4 Å². The third-order valence-corrected chi connectivity index (χ3v) is 14.1. The van der Waals surface area contributed by atoms with E-state index in [1.807, 2.05) is 64.7 Å². The van der Waals surface area contributed by atoms with Gasteiger partial charge in [0.2, 0.25) is 0 Å². The van der Waals surface area contributed by atoms with Gasteiger partial charge in [-0.15, -0.1) is 0 Å². The lowest BCUT2D eigenvalue weighted by atomic mass is 10.00. The van der Waals surface area contributed by atoms with Crippen molar-refractivity contribution in [3.8, 4) is 34.6 Å². The minimum Gasteiger partial charge on any atom is -0.496 e. The van der Waals surface area contributed by atoms with Crippen molar-refractivity contribution < 1.29 is 19.1 Å². The smallest absolute Gasteiger partial charge is 0.274 e. The first-order valence-electron chi connectivity index (χ1n) is 21.5. The lowest BCUT2D eigenvalue weighted by Gasteiger charge is -2.28. The summed E-state index contributed by atoms with van der Waals surface area (Å²) >= 11 is 12.9. The number of fused-ring (bicyclic) bond motifs is 5. The molecule has 64 heavy (non-hydrogen) atoms. The minimum atomic E-state index is -0.202. The molecule has 316 valence electrons. The predicted octanol–water partition coefficient (Wildman–Crippen LogP) is 10.0. The molecule has 5 aliphatic rings. The molecular weight excluding hydrogens is 846 g/mol. The Bertz CT molecular complexity index is 3300. The predicted molar refractivity (Wildman–Crippen MR) is 247 cm³/mol. The molecule has 2 saturated carbocycles. The van der Waals surface area contributed by atoms with Crippen molar-refractivity contribution in [3.05, 3.63) is 136 Å². The summed E-state index contributed by atoms with van der Waals surface area (Å²) < 4.78 is 11.1. The number of carbonyl (C=O) groups excluding carboxylic acids is 2. The first-order chi connectivity index (χ1) is 31.2. The number of rotatable bonds is 7. The Morgan fingerprint density at radius 1 is 0.703 bits per heavy atom. The molecule has 2 saturated heterocycles. The summed E-state index contributed by atoms with van der Waals surface area (Å²) in [6.07, 6.45) is 7.98. The fourth-order valence-corrected chi connectivity index (χ4v) is 10.8. The summed E-state index contributed by atoms with van der Waals surface area (Å²) in [5.74, 6) is 9.39. The molecule has 7 aromatic rings. The van der Waals surface area contributed by atoms with Gasteiger partial charge in [0.1, 0.15) is 39.0 Å². The first kappa shape index (κ1) is 38.9. The van der Waals surface area contributed by atoms with Gasteiger partial charge in [-0.05, 0) is 90.8 Å². The van der Waals surface area contributed by atoms with Crippen LogP contribution < -0.4 is 9.47 Å².